The van der Waals surface area contributed by atoms with Crippen molar-refractivity contribution in [3.8, 4) is 5.75 Å². The third-order valence-corrected chi connectivity index (χ3v) is 5.60. The number of alkyl carbamates (subject to hydrolysis) is 1. The minimum Gasteiger partial charge on any atom is -0.508 e. The number of carboxylic acids is 1. The first-order chi connectivity index (χ1) is 18.2. The Kier molecular flexibility index (Phi) is 9.98. The molecule has 0 saturated heterocycles. The molecule has 0 bridgehead atoms. The number of carbonyl (C=O) groups is 3. The Morgan fingerprint density at radius 2 is 1.66 bits per heavy atom. The fourth-order valence-corrected chi connectivity index (χ4v) is 3.72. The summed E-state index contributed by atoms with van der Waals surface area (Å²) in [5.74, 6) is -1.40. The van der Waals surface area contributed by atoms with Gasteiger partial charge >= 0.3 is 12.1 Å². The molecule has 1 unspecified atom stereocenters. The minimum absolute atomic E-state index is 0.0305. The second-order valence-corrected chi connectivity index (χ2v) is 8.60. The number of benzene rings is 2. The van der Waals surface area contributed by atoms with Crippen molar-refractivity contribution in [3.63, 3.8) is 0 Å². The van der Waals surface area contributed by atoms with Crippen LogP contribution in [-0.2, 0) is 22.6 Å². The van der Waals surface area contributed by atoms with Gasteiger partial charge in [0.05, 0.1) is 23.5 Å². The average molecular weight is 522 g/mol. The standard InChI is InChI=1S/C27H31N5O6/c1-17-23(18(2)31-26(30-17)28-13-7-11-19-10-6-12-21(33)14-19)24(34)32-22(25(35)36)15-29-27(37)38-16-20-8-4-3-5-9-20/h3-6,8-10,12,14,22,33H,7,11,13,15-16H2,1-2H3,(H,29,37)(H,32,34)(H,35,36)(H,28,30,31). The molecule has 11 nitrogen and oxygen atoms in total. The maximum absolute atomic E-state index is 12.9. The maximum Gasteiger partial charge on any atom is 0.407 e. The number of anilines is 1. The van der Waals surface area contributed by atoms with Crippen molar-refractivity contribution in [2.24, 2.45) is 0 Å². The summed E-state index contributed by atoms with van der Waals surface area (Å²) in [6.45, 7) is 3.51. The molecule has 0 aliphatic carbocycles. The van der Waals surface area contributed by atoms with Crippen molar-refractivity contribution in [1.29, 1.82) is 0 Å². The van der Waals surface area contributed by atoms with Crippen LogP contribution in [0.15, 0.2) is 54.6 Å². The third-order valence-electron chi connectivity index (χ3n) is 5.60. The Morgan fingerprint density at radius 3 is 2.32 bits per heavy atom. The summed E-state index contributed by atoms with van der Waals surface area (Å²) in [6, 6.07) is 14.7. The fourth-order valence-electron chi connectivity index (χ4n) is 3.72. The molecule has 38 heavy (non-hydrogen) atoms. The van der Waals surface area contributed by atoms with Crippen LogP contribution in [0.2, 0.25) is 0 Å². The van der Waals surface area contributed by atoms with E-state index >= 15 is 0 Å². The van der Waals surface area contributed by atoms with Gasteiger partial charge in [-0.3, -0.25) is 4.79 Å². The van der Waals surface area contributed by atoms with Crippen LogP contribution in [0.3, 0.4) is 0 Å². The number of carbonyl (C=O) groups excluding carboxylic acids is 2. The van der Waals surface area contributed by atoms with Crippen LogP contribution < -0.4 is 16.0 Å². The van der Waals surface area contributed by atoms with Gasteiger partial charge in [-0.05, 0) is 49.9 Å². The number of phenolic OH excluding ortho intramolecular Hbond substituents is 1. The van der Waals surface area contributed by atoms with E-state index < -0.39 is 24.0 Å². The van der Waals surface area contributed by atoms with Crippen molar-refractivity contribution < 1.29 is 29.3 Å². The van der Waals surface area contributed by atoms with Gasteiger partial charge in [-0.25, -0.2) is 19.6 Å². The summed E-state index contributed by atoms with van der Waals surface area (Å²) < 4.78 is 5.08. The van der Waals surface area contributed by atoms with Crippen molar-refractivity contribution in [2.45, 2.75) is 39.3 Å². The first-order valence-electron chi connectivity index (χ1n) is 12.1. The molecular weight excluding hydrogens is 490 g/mol. The zero-order valence-corrected chi connectivity index (χ0v) is 21.2. The predicted octanol–water partition coefficient (Wildman–Crippen LogP) is 2.95. The number of aromatic nitrogens is 2. The van der Waals surface area contributed by atoms with Crippen LogP contribution in [0.5, 0.6) is 5.75 Å². The largest absolute Gasteiger partial charge is 0.508 e. The SMILES string of the molecule is Cc1nc(NCCCc2cccc(O)c2)nc(C)c1C(=O)NC(CNC(=O)OCc1ccccc1)C(=O)O. The van der Waals surface area contributed by atoms with Crippen LogP contribution in [-0.4, -0.2) is 57.3 Å². The molecule has 1 atom stereocenters. The Morgan fingerprint density at radius 1 is 0.974 bits per heavy atom. The number of aryl methyl sites for hydroxylation is 3. The van der Waals surface area contributed by atoms with Gasteiger partial charge in [-0.2, -0.15) is 0 Å². The lowest BCUT2D eigenvalue weighted by Crippen LogP contribution is -2.48. The average Bonchev–Trinajstić information content (AvgIpc) is 2.88. The van der Waals surface area contributed by atoms with E-state index in [1.165, 1.54) is 0 Å². The first-order valence-corrected chi connectivity index (χ1v) is 12.1. The molecule has 0 aliphatic heterocycles. The monoisotopic (exact) mass is 521 g/mol. The normalized spacial score (nSPS) is 11.3. The van der Waals surface area contributed by atoms with Gasteiger partial charge in [0, 0.05) is 6.54 Å². The molecule has 11 heteroatoms. The van der Waals surface area contributed by atoms with E-state index in [4.69, 9.17) is 4.74 Å². The molecule has 2 amide bonds. The number of rotatable bonds is 12. The van der Waals surface area contributed by atoms with Crippen LogP contribution in [0.25, 0.3) is 0 Å². The van der Waals surface area contributed by atoms with Crippen LogP contribution in [0, 0.1) is 13.8 Å². The Bertz CT molecular complexity index is 1240. The van der Waals surface area contributed by atoms with Gasteiger partial charge in [-0.15, -0.1) is 0 Å². The number of ether oxygens (including phenoxy) is 1. The van der Waals surface area contributed by atoms with Gasteiger partial charge in [0.25, 0.3) is 5.91 Å². The zero-order valence-electron chi connectivity index (χ0n) is 21.2. The number of hydrogen-bond acceptors (Lipinski definition) is 8. The molecule has 3 aromatic rings. The van der Waals surface area contributed by atoms with Crippen molar-refractivity contribution in [3.05, 3.63) is 82.7 Å². The molecule has 200 valence electrons. The van der Waals surface area contributed by atoms with Crippen molar-refractivity contribution in [1.82, 2.24) is 20.6 Å². The van der Waals surface area contributed by atoms with E-state index in [0.717, 1.165) is 24.0 Å². The molecule has 0 aliphatic rings. The van der Waals surface area contributed by atoms with E-state index in [2.05, 4.69) is 25.9 Å². The Balaban J connectivity index is 1.51. The van der Waals surface area contributed by atoms with Gasteiger partial charge in [0.2, 0.25) is 5.95 Å². The number of nitrogens with zero attached hydrogens (tertiary/aromatic N) is 2. The number of amides is 2. The number of carboxylic acid groups (broad SMARTS) is 1. The molecule has 2 aromatic carbocycles. The number of phenols is 1. The quantitative estimate of drug-likeness (QED) is 0.226. The van der Waals surface area contributed by atoms with Gasteiger partial charge in [0.1, 0.15) is 18.4 Å². The van der Waals surface area contributed by atoms with Crippen LogP contribution in [0.4, 0.5) is 10.7 Å². The summed E-state index contributed by atoms with van der Waals surface area (Å²) in [6.07, 6.45) is 0.725. The van der Waals surface area contributed by atoms with E-state index in [0.29, 0.717) is 23.9 Å². The van der Waals surface area contributed by atoms with Crippen molar-refractivity contribution in [2.75, 3.05) is 18.4 Å². The van der Waals surface area contributed by atoms with E-state index in [9.17, 15) is 24.6 Å². The van der Waals surface area contributed by atoms with Crippen LogP contribution >= 0.6 is 0 Å². The molecule has 0 radical (unpaired) electrons. The highest BCUT2D eigenvalue weighted by molar-refractivity contribution is 5.98. The van der Waals surface area contributed by atoms with E-state index in [-0.39, 0.29) is 24.5 Å². The summed E-state index contributed by atoms with van der Waals surface area (Å²) >= 11 is 0. The summed E-state index contributed by atoms with van der Waals surface area (Å²) in [5.41, 5.74) is 2.72. The highest BCUT2D eigenvalue weighted by Gasteiger charge is 2.24. The summed E-state index contributed by atoms with van der Waals surface area (Å²) in [7, 11) is 0. The van der Waals surface area contributed by atoms with Gasteiger partial charge in [0.15, 0.2) is 0 Å². The number of aliphatic carboxylic acids is 1. The minimum atomic E-state index is -1.39. The summed E-state index contributed by atoms with van der Waals surface area (Å²) in [4.78, 5) is 45.2. The molecule has 0 spiro atoms. The highest BCUT2D eigenvalue weighted by atomic mass is 16.5. The number of hydrogen-bond donors (Lipinski definition) is 5. The molecule has 3 rings (SSSR count). The van der Waals surface area contributed by atoms with Gasteiger partial charge < -0.3 is 30.9 Å². The molecule has 0 fully saturated rings. The van der Waals surface area contributed by atoms with Crippen molar-refractivity contribution >= 4 is 23.9 Å². The lowest BCUT2D eigenvalue weighted by molar-refractivity contribution is -0.139. The topological polar surface area (TPSA) is 163 Å². The second-order valence-electron chi connectivity index (χ2n) is 8.60. The fraction of sp³-hybridized carbons (Fsp3) is 0.296. The smallest absolute Gasteiger partial charge is 0.407 e. The van der Waals surface area contributed by atoms with Gasteiger partial charge in [-0.1, -0.05) is 42.5 Å². The molecule has 5 N–H and O–H groups in total. The lowest BCUT2D eigenvalue weighted by atomic mass is 10.1. The lowest BCUT2D eigenvalue weighted by Gasteiger charge is -2.17. The second kappa shape index (κ2) is 13.6. The molecule has 0 saturated carbocycles. The van der Waals surface area contributed by atoms with Crippen LogP contribution in [0.1, 0.15) is 39.3 Å². The number of aromatic hydroxyl groups is 1. The predicted molar refractivity (Wildman–Crippen MR) is 140 cm³/mol. The highest BCUT2D eigenvalue weighted by Crippen LogP contribution is 2.15. The molecular formula is C27H31N5O6. The molecule has 1 aromatic heterocycles. The number of nitrogens with one attached hydrogen (secondary N) is 3. The maximum atomic E-state index is 12.9. The first kappa shape index (κ1) is 27.9. The zero-order chi connectivity index (χ0) is 27.5. The Labute approximate surface area is 220 Å². The third kappa shape index (κ3) is 8.47. The Hall–Kier alpha value is -4.67. The summed E-state index contributed by atoms with van der Waals surface area (Å²) in [5, 5.41) is 27.0. The van der Waals surface area contributed by atoms with E-state index in [1.807, 2.05) is 24.3 Å². The molecule has 1 heterocycles. The van der Waals surface area contributed by atoms with E-state index in [1.54, 1.807) is 44.2 Å².